The third-order valence-electron chi connectivity index (χ3n) is 4.52. The van der Waals surface area contributed by atoms with Crippen LogP contribution in [0.3, 0.4) is 0 Å². The minimum absolute atomic E-state index is 0.0806. The van der Waals surface area contributed by atoms with E-state index in [0.717, 1.165) is 23.6 Å². The molecule has 0 unspecified atom stereocenters. The Hall–Kier alpha value is -3.33. The monoisotopic (exact) mass is 423 g/mol. The van der Waals surface area contributed by atoms with E-state index >= 15 is 0 Å². The first-order valence-electron chi connectivity index (χ1n) is 9.57. The van der Waals surface area contributed by atoms with Gasteiger partial charge in [0.25, 0.3) is 0 Å². The highest BCUT2D eigenvalue weighted by Gasteiger charge is 2.24. The van der Waals surface area contributed by atoms with Gasteiger partial charge in [-0.05, 0) is 49.8 Å². The topological polar surface area (TPSA) is 104 Å². The summed E-state index contributed by atoms with van der Waals surface area (Å²) >= 11 is 1.23. The fourth-order valence-electron chi connectivity index (χ4n) is 3.14. The Morgan fingerprint density at radius 2 is 2.17 bits per heavy atom. The first kappa shape index (κ1) is 20.0. The summed E-state index contributed by atoms with van der Waals surface area (Å²) in [6.45, 7) is 2.55. The van der Waals surface area contributed by atoms with Crippen molar-refractivity contribution in [3.8, 4) is 0 Å². The number of furan rings is 1. The van der Waals surface area contributed by atoms with Gasteiger partial charge in [-0.3, -0.25) is 14.7 Å². The number of thioether (sulfide) groups is 1. The maximum Gasteiger partial charge on any atom is 0.234 e. The Bertz CT molecular complexity index is 1090. The number of amides is 2. The lowest BCUT2D eigenvalue weighted by molar-refractivity contribution is -0.117. The fraction of sp³-hybridized carbons (Fsp3) is 0.238. The number of hydrogen-bond acceptors (Lipinski definition) is 6. The maximum atomic E-state index is 12.4. The molecule has 1 fully saturated rings. The number of nitrogens with one attached hydrogen (secondary N) is 2. The van der Waals surface area contributed by atoms with Crippen molar-refractivity contribution >= 4 is 47.1 Å². The third-order valence-corrected chi connectivity index (χ3v) is 5.37. The predicted molar refractivity (Wildman–Crippen MR) is 116 cm³/mol. The van der Waals surface area contributed by atoms with E-state index in [4.69, 9.17) is 4.42 Å². The summed E-state index contributed by atoms with van der Waals surface area (Å²) in [7, 11) is 0. The number of hydrogen-bond donors (Lipinski definition) is 2. The second kappa shape index (κ2) is 9.00. The summed E-state index contributed by atoms with van der Waals surface area (Å²) in [5.41, 5.74) is 1.36. The van der Waals surface area contributed by atoms with Crippen LogP contribution in [0.15, 0.2) is 46.0 Å². The van der Waals surface area contributed by atoms with Crippen molar-refractivity contribution in [2.45, 2.75) is 24.9 Å². The highest BCUT2D eigenvalue weighted by molar-refractivity contribution is 7.99. The molecule has 0 spiro atoms. The molecule has 4 rings (SSSR count). The van der Waals surface area contributed by atoms with Crippen LogP contribution in [0, 0.1) is 6.92 Å². The van der Waals surface area contributed by atoms with Crippen LogP contribution in [0.4, 0.5) is 11.4 Å². The first-order valence-corrected chi connectivity index (χ1v) is 10.6. The minimum atomic E-state index is -0.188. The van der Waals surface area contributed by atoms with Gasteiger partial charge in [-0.2, -0.15) is 0 Å². The van der Waals surface area contributed by atoms with Gasteiger partial charge in [0.2, 0.25) is 17.0 Å². The van der Waals surface area contributed by atoms with E-state index in [1.54, 1.807) is 23.1 Å². The highest BCUT2D eigenvalue weighted by atomic mass is 32.2. The van der Waals surface area contributed by atoms with Crippen LogP contribution < -0.4 is 10.2 Å². The number of aromatic amines is 1. The Balaban J connectivity index is 1.33. The van der Waals surface area contributed by atoms with Crippen LogP contribution in [-0.4, -0.2) is 39.3 Å². The van der Waals surface area contributed by atoms with Gasteiger partial charge >= 0.3 is 0 Å². The Morgan fingerprint density at radius 3 is 2.93 bits per heavy atom. The molecule has 2 aromatic heterocycles. The number of carbonyl (C=O) groups is 2. The lowest BCUT2D eigenvalue weighted by atomic mass is 10.2. The molecule has 1 saturated heterocycles. The summed E-state index contributed by atoms with van der Waals surface area (Å²) in [5.74, 6) is 2.19. The molecular weight excluding hydrogens is 402 g/mol. The molecule has 2 N–H and O–H groups in total. The van der Waals surface area contributed by atoms with Crippen LogP contribution in [0.5, 0.6) is 0 Å². The van der Waals surface area contributed by atoms with E-state index in [2.05, 4.69) is 20.5 Å². The molecule has 8 nitrogen and oxygen atoms in total. The summed E-state index contributed by atoms with van der Waals surface area (Å²) in [6, 6.07) is 11.1. The second-order valence-electron chi connectivity index (χ2n) is 6.79. The largest absolute Gasteiger partial charge is 0.462 e. The highest BCUT2D eigenvalue weighted by Crippen LogP contribution is 2.29. The van der Waals surface area contributed by atoms with Gasteiger partial charge < -0.3 is 14.6 Å². The number of nitrogens with zero attached hydrogens (tertiary/aromatic N) is 3. The van der Waals surface area contributed by atoms with Gasteiger partial charge in [0.1, 0.15) is 17.3 Å². The van der Waals surface area contributed by atoms with Crippen LogP contribution in [-0.2, 0) is 9.59 Å². The quantitative estimate of drug-likeness (QED) is 0.561. The molecule has 3 heterocycles. The van der Waals surface area contributed by atoms with Crippen LogP contribution in [0.25, 0.3) is 12.2 Å². The fourth-order valence-corrected chi connectivity index (χ4v) is 3.74. The summed E-state index contributed by atoms with van der Waals surface area (Å²) in [5, 5.41) is 10.3. The molecule has 0 saturated carbocycles. The molecule has 1 aliphatic rings. The molecule has 1 aromatic carbocycles. The molecule has 0 radical (unpaired) electrons. The van der Waals surface area contributed by atoms with Crippen molar-refractivity contribution in [3.63, 3.8) is 0 Å². The van der Waals surface area contributed by atoms with Gasteiger partial charge in [0, 0.05) is 13.0 Å². The van der Waals surface area contributed by atoms with Gasteiger partial charge in [-0.25, -0.2) is 4.98 Å². The molecule has 154 valence electrons. The number of benzene rings is 1. The van der Waals surface area contributed by atoms with Crippen molar-refractivity contribution in [1.29, 1.82) is 0 Å². The normalized spacial score (nSPS) is 14.0. The van der Waals surface area contributed by atoms with Crippen molar-refractivity contribution < 1.29 is 14.0 Å². The molecule has 2 amide bonds. The molecule has 3 aromatic rings. The maximum absolute atomic E-state index is 12.4. The van der Waals surface area contributed by atoms with Gasteiger partial charge in [-0.1, -0.05) is 23.9 Å². The van der Waals surface area contributed by atoms with E-state index < -0.39 is 0 Å². The Morgan fingerprint density at radius 1 is 1.30 bits per heavy atom. The number of rotatable bonds is 7. The summed E-state index contributed by atoms with van der Waals surface area (Å²) < 4.78 is 5.47. The van der Waals surface area contributed by atoms with Crippen molar-refractivity contribution in [2.24, 2.45) is 0 Å². The van der Waals surface area contributed by atoms with Gasteiger partial charge in [-0.15, -0.1) is 5.10 Å². The van der Waals surface area contributed by atoms with Crippen molar-refractivity contribution in [3.05, 3.63) is 53.7 Å². The summed E-state index contributed by atoms with van der Waals surface area (Å²) in [4.78, 5) is 30.5. The van der Waals surface area contributed by atoms with Crippen LogP contribution in [0.2, 0.25) is 0 Å². The Labute approximate surface area is 177 Å². The lowest BCUT2D eigenvalue weighted by Gasteiger charge is -2.19. The molecule has 1 aliphatic heterocycles. The number of aryl methyl sites for hydroxylation is 1. The molecule has 0 bridgehead atoms. The standard InChI is InChI=1S/C21H21N5O3S/c1-14-8-9-15(29-14)10-11-18-23-21(25-24-18)30-13-19(27)22-16-5-2-3-6-17(16)26-12-4-7-20(26)28/h2-3,5-6,8-11H,4,7,12-13H2,1H3,(H,22,27)(H,23,24,25)/b11-10+. The van der Waals surface area contributed by atoms with E-state index in [0.29, 0.717) is 29.6 Å². The van der Waals surface area contributed by atoms with Crippen molar-refractivity contribution in [1.82, 2.24) is 15.2 Å². The van der Waals surface area contributed by atoms with E-state index in [1.165, 1.54) is 11.8 Å². The SMILES string of the molecule is Cc1ccc(/C=C/c2nc(SCC(=O)Nc3ccccc3N3CCCC3=O)n[nH]2)o1. The smallest absolute Gasteiger partial charge is 0.234 e. The predicted octanol–water partition coefficient (Wildman–Crippen LogP) is 3.73. The number of H-pyrrole nitrogens is 1. The molecule has 0 atom stereocenters. The van der Waals surface area contributed by atoms with E-state index in [9.17, 15) is 9.59 Å². The molecule has 0 aliphatic carbocycles. The average Bonchev–Trinajstić information content (AvgIpc) is 3.47. The van der Waals surface area contributed by atoms with Crippen LogP contribution >= 0.6 is 11.8 Å². The number of anilines is 2. The number of aromatic nitrogens is 3. The minimum Gasteiger partial charge on any atom is -0.462 e. The van der Waals surface area contributed by atoms with Crippen LogP contribution in [0.1, 0.15) is 30.2 Å². The van der Waals surface area contributed by atoms with E-state index in [-0.39, 0.29) is 17.6 Å². The zero-order valence-electron chi connectivity index (χ0n) is 16.4. The Kier molecular flexibility index (Phi) is 5.99. The molecule has 30 heavy (non-hydrogen) atoms. The van der Waals surface area contributed by atoms with Crippen molar-refractivity contribution in [2.75, 3.05) is 22.5 Å². The van der Waals surface area contributed by atoms with Gasteiger partial charge in [0.15, 0.2) is 0 Å². The average molecular weight is 423 g/mol. The summed E-state index contributed by atoms with van der Waals surface area (Å²) in [6.07, 6.45) is 4.93. The zero-order valence-corrected chi connectivity index (χ0v) is 17.2. The lowest BCUT2D eigenvalue weighted by Crippen LogP contribution is -2.26. The zero-order chi connectivity index (χ0) is 20.9. The van der Waals surface area contributed by atoms with Gasteiger partial charge in [0.05, 0.1) is 17.1 Å². The number of carbonyl (C=O) groups excluding carboxylic acids is 2. The molecular formula is C21H21N5O3S. The number of para-hydroxylation sites is 2. The molecule has 9 heteroatoms. The van der Waals surface area contributed by atoms with E-state index in [1.807, 2.05) is 37.3 Å². The second-order valence-corrected chi connectivity index (χ2v) is 7.73. The first-order chi connectivity index (χ1) is 14.6. The third kappa shape index (κ3) is 4.80.